The van der Waals surface area contributed by atoms with Crippen molar-refractivity contribution in [1.82, 2.24) is 9.78 Å². The van der Waals surface area contributed by atoms with E-state index < -0.39 is 5.97 Å². The normalized spacial score (nSPS) is 12.8. The lowest BCUT2D eigenvalue weighted by atomic mass is 10.2. The molecule has 0 saturated heterocycles. The molecule has 0 aliphatic heterocycles. The van der Waals surface area contributed by atoms with Crippen LogP contribution in [0.5, 0.6) is 0 Å². The Labute approximate surface area is 91.1 Å². The third-order valence-corrected chi connectivity index (χ3v) is 2.68. The number of hydrogen-bond acceptors (Lipinski definition) is 2. The molecule has 0 spiro atoms. The summed E-state index contributed by atoms with van der Waals surface area (Å²) in [5.41, 5.74) is 0.960. The fraction of sp³-hybridized carbons (Fsp3) is 0.556. The maximum Gasteiger partial charge on any atom is 0.305 e. The SMILES string of the molecule is CCc1nn(C(C)CC(=O)O)cc1Br. The van der Waals surface area contributed by atoms with Gasteiger partial charge in [-0.25, -0.2) is 0 Å². The number of aliphatic carboxylic acids is 1. The summed E-state index contributed by atoms with van der Waals surface area (Å²) in [6, 6.07) is -0.107. The Morgan fingerprint density at radius 2 is 2.43 bits per heavy atom. The maximum atomic E-state index is 10.5. The van der Waals surface area contributed by atoms with Crippen LogP contribution in [0.1, 0.15) is 32.0 Å². The molecule has 5 heteroatoms. The van der Waals surface area contributed by atoms with Crippen LogP contribution < -0.4 is 0 Å². The summed E-state index contributed by atoms with van der Waals surface area (Å²) >= 11 is 3.38. The van der Waals surface area contributed by atoms with E-state index in [9.17, 15) is 4.79 Å². The molecular formula is C9H13BrN2O2. The number of aryl methyl sites for hydroxylation is 1. The molecule has 0 aromatic carbocycles. The average Bonchev–Trinajstić information content (AvgIpc) is 2.45. The summed E-state index contributed by atoms with van der Waals surface area (Å²) < 4.78 is 2.63. The van der Waals surface area contributed by atoms with E-state index in [4.69, 9.17) is 5.11 Å². The van der Waals surface area contributed by atoms with Crippen molar-refractivity contribution in [3.8, 4) is 0 Å². The zero-order valence-electron chi connectivity index (χ0n) is 8.20. The third kappa shape index (κ3) is 2.57. The summed E-state index contributed by atoms with van der Waals surface area (Å²) in [7, 11) is 0. The molecule has 14 heavy (non-hydrogen) atoms. The molecule has 1 atom stereocenters. The van der Waals surface area contributed by atoms with Gasteiger partial charge in [-0.3, -0.25) is 9.48 Å². The topological polar surface area (TPSA) is 55.1 Å². The highest BCUT2D eigenvalue weighted by Gasteiger charge is 2.12. The highest BCUT2D eigenvalue weighted by Crippen LogP contribution is 2.19. The minimum Gasteiger partial charge on any atom is -0.481 e. The Kier molecular flexibility index (Phi) is 3.69. The fourth-order valence-corrected chi connectivity index (χ4v) is 1.79. The van der Waals surface area contributed by atoms with E-state index in [1.165, 1.54) is 0 Å². The van der Waals surface area contributed by atoms with Gasteiger partial charge < -0.3 is 5.11 Å². The molecule has 1 unspecified atom stereocenters. The quantitative estimate of drug-likeness (QED) is 0.904. The summed E-state index contributed by atoms with van der Waals surface area (Å²) in [6.45, 7) is 3.85. The Bertz CT molecular complexity index is 336. The molecule has 1 rings (SSSR count). The minimum atomic E-state index is -0.804. The van der Waals surface area contributed by atoms with Gasteiger partial charge in [0.2, 0.25) is 0 Å². The largest absolute Gasteiger partial charge is 0.481 e. The molecule has 0 saturated carbocycles. The molecule has 0 amide bonds. The molecule has 0 radical (unpaired) electrons. The van der Waals surface area contributed by atoms with E-state index in [-0.39, 0.29) is 12.5 Å². The number of hydrogen-bond donors (Lipinski definition) is 1. The zero-order chi connectivity index (χ0) is 10.7. The van der Waals surface area contributed by atoms with Crippen molar-refractivity contribution in [2.24, 2.45) is 0 Å². The van der Waals surface area contributed by atoms with Gasteiger partial charge in [0.05, 0.1) is 22.6 Å². The van der Waals surface area contributed by atoms with Crippen molar-refractivity contribution in [3.05, 3.63) is 16.4 Å². The van der Waals surface area contributed by atoms with E-state index in [1.54, 1.807) is 4.68 Å². The van der Waals surface area contributed by atoms with Crippen LogP contribution in [-0.2, 0) is 11.2 Å². The van der Waals surface area contributed by atoms with E-state index in [0.29, 0.717) is 0 Å². The van der Waals surface area contributed by atoms with Crippen LogP contribution in [0, 0.1) is 0 Å². The molecule has 1 N–H and O–H groups in total. The monoisotopic (exact) mass is 260 g/mol. The predicted molar refractivity (Wildman–Crippen MR) is 56.3 cm³/mol. The van der Waals surface area contributed by atoms with Gasteiger partial charge in [0.1, 0.15) is 0 Å². The van der Waals surface area contributed by atoms with E-state index in [1.807, 2.05) is 20.0 Å². The molecule has 1 aromatic heterocycles. The molecule has 0 bridgehead atoms. The highest BCUT2D eigenvalue weighted by atomic mass is 79.9. The number of halogens is 1. The predicted octanol–water partition coefficient (Wildman–Crippen LogP) is 2.24. The van der Waals surface area contributed by atoms with Crippen LogP contribution in [-0.4, -0.2) is 20.9 Å². The lowest BCUT2D eigenvalue weighted by molar-refractivity contribution is -0.137. The second-order valence-electron chi connectivity index (χ2n) is 3.20. The van der Waals surface area contributed by atoms with Crippen molar-refractivity contribution in [3.63, 3.8) is 0 Å². The molecule has 0 fully saturated rings. The van der Waals surface area contributed by atoms with Crippen LogP contribution in [0.4, 0.5) is 0 Å². The Hall–Kier alpha value is -0.840. The van der Waals surface area contributed by atoms with Crippen molar-refractivity contribution in [2.45, 2.75) is 32.7 Å². The lowest BCUT2D eigenvalue weighted by Crippen LogP contribution is -2.11. The number of rotatable bonds is 4. The summed E-state index contributed by atoms with van der Waals surface area (Å²) in [4.78, 5) is 10.5. The second-order valence-corrected chi connectivity index (χ2v) is 4.06. The van der Waals surface area contributed by atoms with Crippen LogP contribution >= 0.6 is 15.9 Å². The van der Waals surface area contributed by atoms with E-state index >= 15 is 0 Å². The Morgan fingerprint density at radius 3 is 2.86 bits per heavy atom. The maximum absolute atomic E-state index is 10.5. The van der Waals surface area contributed by atoms with E-state index in [2.05, 4.69) is 21.0 Å². The van der Waals surface area contributed by atoms with Crippen molar-refractivity contribution in [2.75, 3.05) is 0 Å². The molecular weight excluding hydrogens is 248 g/mol. The number of aromatic nitrogens is 2. The molecule has 0 aliphatic carbocycles. The van der Waals surface area contributed by atoms with Crippen LogP contribution in [0.25, 0.3) is 0 Å². The van der Waals surface area contributed by atoms with Gasteiger partial charge in [-0.05, 0) is 29.3 Å². The van der Waals surface area contributed by atoms with Crippen molar-refractivity contribution < 1.29 is 9.90 Å². The first kappa shape index (κ1) is 11.2. The molecule has 1 heterocycles. The highest BCUT2D eigenvalue weighted by molar-refractivity contribution is 9.10. The number of carboxylic acids is 1. The first-order chi connectivity index (χ1) is 6.54. The third-order valence-electron chi connectivity index (χ3n) is 2.01. The second kappa shape index (κ2) is 4.59. The van der Waals surface area contributed by atoms with Gasteiger partial charge in [0, 0.05) is 6.20 Å². The fourth-order valence-electron chi connectivity index (χ4n) is 1.22. The smallest absolute Gasteiger partial charge is 0.305 e. The zero-order valence-corrected chi connectivity index (χ0v) is 9.78. The lowest BCUT2D eigenvalue weighted by Gasteiger charge is -2.08. The van der Waals surface area contributed by atoms with Gasteiger partial charge >= 0.3 is 5.97 Å². The molecule has 4 nitrogen and oxygen atoms in total. The van der Waals surface area contributed by atoms with Gasteiger partial charge in [-0.2, -0.15) is 5.10 Å². The Balaban J connectivity index is 2.80. The summed E-state index contributed by atoms with van der Waals surface area (Å²) in [5, 5.41) is 12.9. The van der Waals surface area contributed by atoms with E-state index in [0.717, 1.165) is 16.6 Å². The van der Waals surface area contributed by atoms with Crippen LogP contribution in [0.2, 0.25) is 0 Å². The van der Waals surface area contributed by atoms with Crippen LogP contribution in [0.3, 0.4) is 0 Å². The summed E-state index contributed by atoms with van der Waals surface area (Å²) in [5.74, 6) is -0.804. The van der Waals surface area contributed by atoms with Crippen LogP contribution in [0.15, 0.2) is 10.7 Å². The number of carbonyl (C=O) groups is 1. The first-order valence-corrected chi connectivity index (χ1v) is 5.29. The molecule has 78 valence electrons. The van der Waals surface area contributed by atoms with Gasteiger partial charge in [0.25, 0.3) is 0 Å². The standard InChI is InChI=1S/C9H13BrN2O2/c1-3-8-7(10)5-12(11-8)6(2)4-9(13)14/h5-6H,3-4H2,1-2H3,(H,13,14). The van der Waals surface area contributed by atoms with Gasteiger partial charge in [-0.1, -0.05) is 6.92 Å². The molecule has 1 aromatic rings. The van der Waals surface area contributed by atoms with Gasteiger partial charge in [-0.15, -0.1) is 0 Å². The van der Waals surface area contributed by atoms with Crippen molar-refractivity contribution >= 4 is 21.9 Å². The van der Waals surface area contributed by atoms with Gasteiger partial charge in [0.15, 0.2) is 0 Å². The first-order valence-electron chi connectivity index (χ1n) is 4.50. The Morgan fingerprint density at radius 1 is 1.79 bits per heavy atom. The average molecular weight is 261 g/mol. The number of nitrogens with zero attached hydrogens (tertiary/aromatic N) is 2. The van der Waals surface area contributed by atoms with Crippen molar-refractivity contribution in [1.29, 1.82) is 0 Å². The molecule has 0 aliphatic rings. The minimum absolute atomic E-state index is 0.0945. The summed E-state index contributed by atoms with van der Waals surface area (Å²) in [6.07, 6.45) is 2.76. The number of carboxylic acid groups (broad SMARTS) is 1.